The Morgan fingerprint density at radius 3 is 1.34 bits per heavy atom. The van der Waals surface area contributed by atoms with Crippen LogP contribution in [0.4, 0.5) is 0 Å². The first-order valence-electron chi connectivity index (χ1n) is 7.72. The van der Waals surface area contributed by atoms with E-state index in [0.717, 1.165) is 23.0 Å². The molecule has 0 spiro atoms. The Hall–Kier alpha value is -1.40. The number of ether oxygens (including phenoxy) is 4. The topological polar surface area (TPSA) is 36.9 Å². The number of hydrogen-bond donors (Lipinski definition) is 0. The zero-order valence-electron chi connectivity index (χ0n) is 14.1. The molecule has 0 amide bonds. The number of rotatable bonds is 0. The molecular weight excluding hydrogens is 404 g/mol. The van der Waals surface area contributed by atoms with Crippen LogP contribution in [0.25, 0.3) is 0 Å². The number of thiophene rings is 2. The molecule has 2 aromatic rings. The van der Waals surface area contributed by atoms with Gasteiger partial charge in [-0.2, -0.15) is 0 Å². The Morgan fingerprint density at radius 1 is 0.586 bits per heavy atom. The minimum absolute atomic E-state index is 0. The summed E-state index contributed by atoms with van der Waals surface area (Å²) in [5.74, 6) is 3.82. The van der Waals surface area contributed by atoms with Crippen molar-refractivity contribution in [2.24, 2.45) is 0 Å². The Morgan fingerprint density at radius 2 is 0.931 bits per heavy atom. The highest BCUT2D eigenvalue weighted by molar-refractivity contribution is 7.12. The largest absolute Gasteiger partial charge is 0.485 e. The van der Waals surface area contributed by atoms with Gasteiger partial charge in [0.05, 0.1) is 0 Å². The second kappa shape index (κ2) is 14.6. The summed E-state index contributed by atoms with van der Waals surface area (Å²) in [5, 5.41) is 0. The molecule has 2 aliphatic rings. The molecule has 2 aliphatic heterocycles. The first-order valence-corrected chi connectivity index (χ1v) is 9.35. The maximum Gasteiger partial charge on any atom is 0.175 e. The lowest BCUT2D eigenvalue weighted by atomic mass is 10.3. The summed E-state index contributed by atoms with van der Waals surface area (Å²) in [7, 11) is 0. The van der Waals surface area contributed by atoms with Crippen LogP contribution in [0.5, 0.6) is 23.0 Å². The molecule has 2 aromatic heterocycles. The maximum absolute atomic E-state index is 5.67. The van der Waals surface area contributed by atoms with E-state index in [2.05, 4.69) is 27.7 Å². The fraction of sp³-hybridized carbons (Fsp3) is 0.652. The summed E-state index contributed by atoms with van der Waals surface area (Å²) < 4.78 is 22.2. The lowest BCUT2D eigenvalue weighted by molar-refractivity contribution is 0.104. The molecule has 4 heterocycles. The van der Waals surface area contributed by atoms with Gasteiger partial charge in [-0.1, -0.05) is 44.6 Å². The lowest BCUT2D eigenvalue weighted by Crippen LogP contribution is -2.25. The van der Waals surface area contributed by atoms with Crippen molar-refractivity contribution < 1.29 is 18.9 Å². The highest BCUT2D eigenvalue weighted by Gasteiger charge is 2.23. The van der Waals surface area contributed by atoms with Gasteiger partial charge in [0.15, 0.2) is 23.0 Å². The van der Waals surface area contributed by atoms with Crippen LogP contribution in [0.15, 0.2) is 0 Å². The van der Waals surface area contributed by atoms with Crippen molar-refractivity contribution in [3.8, 4) is 23.0 Å². The van der Waals surface area contributed by atoms with Gasteiger partial charge in [0.1, 0.15) is 25.9 Å². The second-order valence-corrected chi connectivity index (χ2v) is 8.54. The average molecular weight is 451 g/mol. The first kappa shape index (κ1) is 35.1. The van der Waals surface area contributed by atoms with Gasteiger partial charge in [-0.3, -0.25) is 0 Å². The van der Waals surface area contributed by atoms with E-state index in [1.165, 1.54) is 19.5 Å². The smallest absolute Gasteiger partial charge is 0.175 e. The van der Waals surface area contributed by atoms with E-state index in [4.69, 9.17) is 18.9 Å². The SMILES string of the molecule is C.C.C.C.C.C.Cc1sc(C)c2c1OCC(C)O2.Cc1sc(C)c2c1OCCO2. The van der Waals surface area contributed by atoms with Gasteiger partial charge in [-0.25, -0.2) is 0 Å². The van der Waals surface area contributed by atoms with Crippen molar-refractivity contribution in [1.29, 1.82) is 0 Å². The summed E-state index contributed by atoms with van der Waals surface area (Å²) in [6.07, 6.45) is 0.185. The van der Waals surface area contributed by atoms with Crippen LogP contribution in [0, 0.1) is 27.7 Å². The van der Waals surface area contributed by atoms with Crippen LogP contribution >= 0.6 is 22.7 Å². The third-order valence-electron chi connectivity index (χ3n) is 3.66. The molecule has 0 saturated carbocycles. The summed E-state index contributed by atoms with van der Waals surface area (Å²) in [5.41, 5.74) is 0. The molecule has 0 aromatic carbocycles. The second-order valence-electron chi connectivity index (χ2n) is 5.68. The predicted molar refractivity (Wildman–Crippen MR) is 135 cm³/mol. The van der Waals surface area contributed by atoms with E-state index in [9.17, 15) is 0 Å². The number of aryl methyl sites for hydroxylation is 4. The molecule has 0 aliphatic carbocycles. The third kappa shape index (κ3) is 7.41. The number of fused-ring (bicyclic) bond motifs is 2. The minimum atomic E-state index is 0. The fourth-order valence-electron chi connectivity index (χ4n) is 2.65. The molecule has 4 rings (SSSR count). The zero-order chi connectivity index (χ0) is 16.6. The van der Waals surface area contributed by atoms with E-state index in [-0.39, 0.29) is 50.7 Å². The zero-order valence-corrected chi connectivity index (χ0v) is 15.8. The van der Waals surface area contributed by atoms with Crippen molar-refractivity contribution in [3.05, 3.63) is 19.5 Å². The predicted octanol–water partition coefficient (Wildman–Crippen LogP) is 8.48. The van der Waals surface area contributed by atoms with Crippen LogP contribution in [-0.4, -0.2) is 25.9 Å². The van der Waals surface area contributed by atoms with Crippen LogP contribution in [0.1, 0.15) is 71.0 Å². The van der Waals surface area contributed by atoms with E-state index in [1.807, 2.05) is 6.92 Å². The van der Waals surface area contributed by atoms with Crippen LogP contribution < -0.4 is 18.9 Å². The monoisotopic (exact) mass is 450 g/mol. The standard InChI is InChI=1S/C9H12O2S.C8H10O2S.6CH4/c1-5-4-10-8-6(2)12-7(3)9(8)11-5;1-5-7-8(6(2)11-5)10-4-3-9-7;;;;;;/h5H,4H2,1-3H3;3-4H2,1-2H3;6*1H4. The Bertz CT molecular complexity index is 678. The summed E-state index contributed by atoms with van der Waals surface area (Å²) in [4.78, 5) is 4.87. The molecule has 4 nitrogen and oxygen atoms in total. The first-order chi connectivity index (χ1) is 11.0. The highest BCUT2D eigenvalue weighted by Crippen LogP contribution is 2.44. The quantitative estimate of drug-likeness (QED) is 0.403. The normalized spacial score (nSPS) is 14.4. The van der Waals surface area contributed by atoms with Crippen LogP contribution in [0.3, 0.4) is 0 Å². The van der Waals surface area contributed by atoms with Crippen molar-refractivity contribution in [2.45, 2.75) is 85.3 Å². The van der Waals surface area contributed by atoms with E-state index in [0.29, 0.717) is 19.8 Å². The fourth-order valence-corrected chi connectivity index (χ4v) is 4.53. The van der Waals surface area contributed by atoms with Gasteiger partial charge in [0.2, 0.25) is 0 Å². The van der Waals surface area contributed by atoms with Crippen LogP contribution in [0.2, 0.25) is 0 Å². The molecule has 6 heteroatoms. The molecule has 1 atom stereocenters. The Balaban J connectivity index is -0.000000179. The molecule has 0 N–H and O–H groups in total. The molecule has 0 saturated heterocycles. The van der Waals surface area contributed by atoms with Gasteiger partial charge in [0, 0.05) is 19.5 Å². The number of hydrogen-bond acceptors (Lipinski definition) is 6. The van der Waals surface area contributed by atoms with Gasteiger partial charge < -0.3 is 18.9 Å². The minimum Gasteiger partial charge on any atom is -0.485 e. The van der Waals surface area contributed by atoms with Gasteiger partial charge in [-0.15, -0.1) is 22.7 Å². The average Bonchev–Trinajstić information content (AvgIpc) is 2.97. The molecule has 1 unspecified atom stereocenters. The van der Waals surface area contributed by atoms with Crippen molar-refractivity contribution in [1.82, 2.24) is 0 Å². The van der Waals surface area contributed by atoms with E-state index >= 15 is 0 Å². The summed E-state index contributed by atoms with van der Waals surface area (Å²) in [6.45, 7) is 12.3. The molecule has 0 fully saturated rings. The van der Waals surface area contributed by atoms with Crippen molar-refractivity contribution >= 4 is 22.7 Å². The van der Waals surface area contributed by atoms with E-state index < -0.39 is 0 Å². The third-order valence-corrected chi connectivity index (χ3v) is 5.63. The summed E-state index contributed by atoms with van der Waals surface area (Å²) in [6, 6.07) is 0. The molecule has 0 radical (unpaired) electrons. The van der Waals surface area contributed by atoms with Crippen LogP contribution in [-0.2, 0) is 0 Å². The highest BCUT2D eigenvalue weighted by atomic mass is 32.1. The lowest BCUT2D eigenvalue weighted by Gasteiger charge is -2.22. The van der Waals surface area contributed by atoms with Gasteiger partial charge in [-0.05, 0) is 34.6 Å². The van der Waals surface area contributed by atoms with Gasteiger partial charge >= 0.3 is 0 Å². The maximum atomic E-state index is 5.67. The van der Waals surface area contributed by atoms with Gasteiger partial charge in [0.25, 0.3) is 0 Å². The summed E-state index contributed by atoms with van der Waals surface area (Å²) >= 11 is 3.47. The molecule has 0 bridgehead atoms. The molecule has 29 heavy (non-hydrogen) atoms. The van der Waals surface area contributed by atoms with E-state index in [1.54, 1.807) is 22.7 Å². The Kier molecular flexibility index (Phi) is 17.6. The molecular formula is C23H46O4S2. The molecule has 174 valence electrons. The van der Waals surface area contributed by atoms with Crippen molar-refractivity contribution in [2.75, 3.05) is 19.8 Å². The Labute approximate surface area is 189 Å². The van der Waals surface area contributed by atoms with Crippen molar-refractivity contribution in [3.63, 3.8) is 0 Å².